The number of amides is 1. The molecule has 1 amide bonds. The fourth-order valence-electron chi connectivity index (χ4n) is 2.79. The van der Waals surface area contributed by atoms with Gasteiger partial charge in [0.05, 0.1) is 24.7 Å². The normalized spacial score (nSPS) is 10.5. The summed E-state index contributed by atoms with van der Waals surface area (Å²) in [5.74, 6) is 0.894. The second kappa shape index (κ2) is 9.36. The van der Waals surface area contributed by atoms with Crippen molar-refractivity contribution in [2.75, 3.05) is 13.7 Å². The predicted octanol–water partition coefficient (Wildman–Crippen LogP) is 3.43. The third kappa shape index (κ3) is 4.69. The van der Waals surface area contributed by atoms with Crippen LogP contribution in [0.1, 0.15) is 28.4 Å². The SMILES string of the molecule is CCOc1c(Br)cc(C(=O)NCc2ccccc2Cn2cncn2)cc1OC. The smallest absolute Gasteiger partial charge is 0.251 e. The highest BCUT2D eigenvalue weighted by molar-refractivity contribution is 9.10. The van der Waals surface area contributed by atoms with Crippen LogP contribution in [-0.4, -0.2) is 34.4 Å². The van der Waals surface area contributed by atoms with Crippen LogP contribution < -0.4 is 14.8 Å². The van der Waals surface area contributed by atoms with E-state index < -0.39 is 0 Å². The zero-order valence-electron chi connectivity index (χ0n) is 15.7. The number of benzene rings is 2. The van der Waals surface area contributed by atoms with E-state index in [1.54, 1.807) is 30.3 Å². The summed E-state index contributed by atoms with van der Waals surface area (Å²) in [6.45, 7) is 3.39. The summed E-state index contributed by atoms with van der Waals surface area (Å²) in [4.78, 5) is 16.6. The molecule has 0 radical (unpaired) electrons. The quantitative estimate of drug-likeness (QED) is 0.575. The van der Waals surface area contributed by atoms with Crippen molar-refractivity contribution in [2.24, 2.45) is 0 Å². The zero-order chi connectivity index (χ0) is 19.9. The number of carbonyl (C=O) groups excluding carboxylic acids is 1. The van der Waals surface area contributed by atoms with E-state index in [1.807, 2.05) is 31.2 Å². The number of methoxy groups -OCH3 is 1. The van der Waals surface area contributed by atoms with E-state index >= 15 is 0 Å². The van der Waals surface area contributed by atoms with Crippen molar-refractivity contribution in [1.82, 2.24) is 20.1 Å². The van der Waals surface area contributed by atoms with Gasteiger partial charge in [-0.2, -0.15) is 5.10 Å². The molecule has 0 aliphatic rings. The maximum Gasteiger partial charge on any atom is 0.251 e. The van der Waals surface area contributed by atoms with Crippen LogP contribution in [0.15, 0.2) is 53.5 Å². The number of hydrogen-bond acceptors (Lipinski definition) is 5. The van der Waals surface area contributed by atoms with Crippen LogP contribution in [-0.2, 0) is 13.1 Å². The van der Waals surface area contributed by atoms with Crippen molar-refractivity contribution in [3.63, 3.8) is 0 Å². The van der Waals surface area contributed by atoms with Gasteiger partial charge >= 0.3 is 0 Å². The summed E-state index contributed by atoms with van der Waals surface area (Å²) < 4.78 is 13.3. The summed E-state index contributed by atoms with van der Waals surface area (Å²) in [5, 5.41) is 7.10. The highest BCUT2D eigenvalue weighted by Crippen LogP contribution is 2.36. The lowest BCUT2D eigenvalue weighted by atomic mass is 10.1. The maximum absolute atomic E-state index is 12.7. The number of aromatic nitrogens is 3. The standard InChI is InChI=1S/C20H21BrN4O3/c1-3-28-19-17(21)8-16(9-18(19)27-2)20(26)23-10-14-6-4-5-7-15(14)11-25-13-22-12-24-25/h4-9,12-13H,3,10-11H2,1-2H3,(H,23,26). The highest BCUT2D eigenvalue weighted by atomic mass is 79.9. The molecule has 0 unspecified atom stereocenters. The van der Waals surface area contributed by atoms with Gasteiger partial charge in [0.2, 0.25) is 0 Å². The number of ether oxygens (including phenoxy) is 2. The maximum atomic E-state index is 12.7. The average Bonchev–Trinajstić information content (AvgIpc) is 3.21. The van der Waals surface area contributed by atoms with Crippen LogP contribution in [0.3, 0.4) is 0 Å². The van der Waals surface area contributed by atoms with Crippen LogP contribution in [0.5, 0.6) is 11.5 Å². The van der Waals surface area contributed by atoms with Crippen molar-refractivity contribution >= 4 is 21.8 Å². The summed E-state index contributed by atoms with van der Waals surface area (Å²) in [5.41, 5.74) is 2.57. The van der Waals surface area contributed by atoms with Gasteiger partial charge in [-0.3, -0.25) is 4.79 Å². The summed E-state index contributed by atoms with van der Waals surface area (Å²) in [6, 6.07) is 11.3. The molecule has 0 bridgehead atoms. The lowest BCUT2D eigenvalue weighted by Crippen LogP contribution is -2.23. The van der Waals surface area contributed by atoms with Crippen molar-refractivity contribution in [2.45, 2.75) is 20.0 Å². The number of halogens is 1. The topological polar surface area (TPSA) is 78.3 Å². The molecule has 1 heterocycles. The third-order valence-electron chi connectivity index (χ3n) is 4.14. The Morgan fingerprint density at radius 3 is 2.71 bits per heavy atom. The summed E-state index contributed by atoms with van der Waals surface area (Å²) >= 11 is 3.45. The van der Waals surface area contributed by atoms with Crippen LogP contribution in [0.2, 0.25) is 0 Å². The van der Waals surface area contributed by atoms with Crippen molar-refractivity contribution in [3.05, 3.63) is 70.2 Å². The Labute approximate surface area is 171 Å². The monoisotopic (exact) mass is 444 g/mol. The fourth-order valence-corrected chi connectivity index (χ4v) is 3.34. The fraction of sp³-hybridized carbons (Fsp3) is 0.250. The highest BCUT2D eigenvalue weighted by Gasteiger charge is 2.15. The molecule has 0 spiro atoms. The Bertz CT molecular complexity index is 945. The van der Waals surface area contributed by atoms with Gasteiger partial charge < -0.3 is 14.8 Å². The summed E-state index contributed by atoms with van der Waals surface area (Å²) in [6.07, 6.45) is 3.17. The molecule has 2 aromatic carbocycles. The number of hydrogen-bond donors (Lipinski definition) is 1. The lowest BCUT2D eigenvalue weighted by Gasteiger charge is -2.14. The van der Waals surface area contributed by atoms with E-state index in [2.05, 4.69) is 31.3 Å². The molecule has 0 fully saturated rings. The predicted molar refractivity (Wildman–Crippen MR) is 109 cm³/mol. The molecule has 0 aliphatic heterocycles. The first-order valence-corrected chi connectivity index (χ1v) is 9.59. The minimum Gasteiger partial charge on any atom is -0.493 e. The molecule has 1 N–H and O–H groups in total. The van der Waals surface area contributed by atoms with E-state index in [1.165, 1.54) is 6.33 Å². The van der Waals surface area contributed by atoms with E-state index in [-0.39, 0.29) is 5.91 Å². The molecule has 0 atom stereocenters. The molecule has 7 nitrogen and oxygen atoms in total. The van der Waals surface area contributed by atoms with Gasteiger partial charge in [0.1, 0.15) is 12.7 Å². The minimum atomic E-state index is -0.197. The van der Waals surface area contributed by atoms with E-state index in [9.17, 15) is 4.79 Å². The van der Waals surface area contributed by atoms with Crippen LogP contribution >= 0.6 is 15.9 Å². The molecule has 0 saturated carbocycles. The zero-order valence-corrected chi connectivity index (χ0v) is 17.3. The minimum absolute atomic E-state index is 0.197. The molecular formula is C20H21BrN4O3. The molecule has 0 aliphatic carbocycles. The Morgan fingerprint density at radius 1 is 1.25 bits per heavy atom. The Morgan fingerprint density at radius 2 is 2.04 bits per heavy atom. The van der Waals surface area contributed by atoms with E-state index in [4.69, 9.17) is 9.47 Å². The van der Waals surface area contributed by atoms with Gasteiger partial charge in [0, 0.05) is 12.1 Å². The van der Waals surface area contributed by atoms with Gasteiger partial charge in [-0.1, -0.05) is 24.3 Å². The number of nitrogens with one attached hydrogen (secondary N) is 1. The first-order chi connectivity index (χ1) is 13.6. The van der Waals surface area contributed by atoms with Gasteiger partial charge in [-0.05, 0) is 46.1 Å². The molecular weight excluding hydrogens is 424 g/mol. The second-order valence-corrected chi connectivity index (χ2v) is 6.82. The lowest BCUT2D eigenvalue weighted by molar-refractivity contribution is 0.0950. The Hall–Kier alpha value is -2.87. The Kier molecular flexibility index (Phi) is 6.65. The van der Waals surface area contributed by atoms with Gasteiger partial charge in [0.25, 0.3) is 5.91 Å². The first-order valence-electron chi connectivity index (χ1n) is 8.80. The first kappa shape index (κ1) is 19.9. The van der Waals surface area contributed by atoms with E-state index in [0.29, 0.717) is 41.2 Å². The van der Waals surface area contributed by atoms with Crippen molar-refractivity contribution in [3.8, 4) is 11.5 Å². The molecule has 146 valence electrons. The number of carbonyl (C=O) groups is 1. The van der Waals surface area contributed by atoms with Gasteiger partial charge in [-0.25, -0.2) is 9.67 Å². The molecule has 28 heavy (non-hydrogen) atoms. The van der Waals surface area contributed by atoms with Crippen LogP contribution in [0.25, 0.3) is 0 Å². The van der Waals surface area contributed by atoms with Gasteiger partial charge in [-0.15, -0.1) is 0 Å². The van der Waals surface area contributed by atoms with Crippen LogP contribution in [0.4, 0.5) is 0 Å². The van der Waals surface area contributed by atoms with E-state index in [0.717, 1.165) is 11.1 Å². The van der Waals surface area contributed by atoms with Crippen LogP contribution in [0, 0.1) is 0 Å². The van der Waals surface area contributed by atoms with Gasteiger partial charge in [0.15, 0.2) is 11.5 Å². The number of rotatable bonds is 8. The van der Waals surface area contributed by atoms with Crippen molar-refractivity contribution < 1.29 is 14.3 Å². The molecule has 8 heteroatoms. The largest absolute Gasteiger partial charge is 0.493 e. The van der Waals surface area contributed by atoms with Crippen molar-refractivity contribution in [1.29, 1.82) is 0 Å². The summed E-state index contributed by atoms with van der Waals surface area (Å²) in [7, 11) is 1.55. The molecule has 1 aromatic heterocycles. The third-order valence-corrected chi connectivity index (χ3v) is 4.73. The Balaban J connectivity index is 1.73. The molecule has 3 rings (SSSR count). The average molecular weight is 445 g/mol. The second-order valence-electron chi connectivity index (χ2n) is 5.97. The molecule has 3 aromatic rings. The number of nitrogens with zero attached hydrogens (tertiary/aromatic N) is 3. The molecule has 0 saturated heterocycles.